The largest absolute Gasteiger partial charge is 0.401 e. The lowest BCUT2D eigenvalue weighted by Gasteiger charge is -2.26. The molecular formula is C28H29F5N6O2S. The number of likely N-dealkylation sites (tertiary alicyclic amines) is 1. The van der Waals surface area contributed by atoms with E-state index in [4.69, 9.17) is 0 Å². The number of halogens is 5. The molecule has 2 N–H and O–H groups in total. The van der Waals surface area contributed by atoms with Crippen LogP contribution in [0.4, 0.5) is 27.9 Å². The van der Waals surface area contributed by atoms with Crippen molar-refractivity contribution in [1.82, 2.24) is 19.8 Å². The van der Waals surface area contributed by atoms with Crippen LogP contribution in [0.1, 0.15) is 53.2 Å². The van der Waals surface area contributed by atoms with E-state index in [1.165, 1.54) is 12.1 Å². The molecule has 0 saturated carbocycles. The summed E-state index contributed by atoms with van der Waals surface area (Å²) in [5, 5.41) is 14.6. The molecule has 1 saturated heterocycles. The van der Waals surface area contributed by atoms with Crippen LogP contribution in [0.5, 0.6) is 0 Å². The maximum Gasteiger partial charge on any atom is 0.401 e. The number of hydrogen-bond donors (Lipinski definition) is 2. The average molecular weight is 609 g/mol. The molecule has 0 radical (unpaired) electrons. The smallest absolute Gasteiger partial charge is 0.333 e. The SMILES string of the molecule is CC(C)C=C(C#N)C(=O)N1CCC[C@@H]1Cn1c(NC(=O)c2ccc(C(F)F)s2)nc2cc(CNCC(F)(F)F)ccc21. The second-order valence-electron chi connectivity index (χ2n) is 10.3. The third-order valence-corrected chi connectivity index (χ3v) is 7.73. The molecule has 0 unspecified atom stereocenters. The molecule has 224 valence electrons. The molecule has 1 fully saturated rings. The number of benzene rings is 1. The lowest BCUT2D eigenvalue weighted by molar-refractivity contribution is -0.128. The van der Waals surface area contributed by atoms with Gasteiger partial charge in [-0.15, -0.1) is 11.3 Å². The van der Waals surface area contributed by atoms with Gasteiger partial charge in [0.25, 0.3) is 18.2 Å². The van der Waals surface area contributed by atoms with Crippen LogP contribution in [-0.2, 0) is 17.9 Å². The summed E-state index contributed by atoms with van der Waals surface area (Å²) >= 11 is 0.653. The number of amides is 2. The van der Waals surface area contributed by atoms with Crippen LogP contribution in [0, 0.1) is 17.2 Å². The van der Waals surface area contributed by atoms with Crippen molar-refractivity contribution in [2.45, 2.75) is 58.4 Å². The number of nitrogens with one attached hydrogen (secondary N) is 2. The zero-order chi connectivity index (χ0) is 30.6. The van der Waals surface area contributed by atoms with E-state index in [-0.39, 0.29) is 52.2 Å². The molecule has 0 bridgehead atoms. The fraction of sp³-hybridized carbons (Fsp3) is 0.429. The van der Waals surface area contributed by atoms with Gasteiger partial charge in [0.15, 0.2) is 0 Å². The summed E-state index contributed by atoms with van der Waals surface area (Å²) in [7, 11) is 0. The Morgan fingerprint density at radius 2 is 2.00 bits per heavy atom. The first kappa shape index (κ1) is 31.1. The molecule has 14 heteroatoms. The van der Waals surface area contributed by atoms with Gasteiger partial charge in [-0.05, 0) is 48.6 Å². The normalized spacial score (nSPS) is 16.0. The van der Waals surface area contributed by atoms with Gasteiger partial charge in [0.2, 0.25) is 5.95 Å². The summed E-state index contributed by atoms with van der Waals surface area (Å²) < 4.78 is 65.6. The topological polar surface area (TPSA) is 103 Å². The molecule has 0 aliphatic carbocycles. The number of allylic oxidation sites excluding steroid dienone is 1. The summed E-state index contributed by atoms with van der Waals surface area (Å²) in [5.74, 6) is -0.951. The van der Waals surface area contributed by atoms with E-state index >= 15 is 0 Å². The minimum Gasteiger partial charge on any atom is -0.333 e. The van der Waals surface area contributed by atoms with Gasteiger partial charge in [-0.3, -0.25) is 14.9 Å². The molecule has 8 nitrogen and oxygen atoms in total. The van der Waals surface area contributed by atoms with Gasteiger partial charge >= 0.3 is 6.18 Å². The van der Waals surface area contributed by atoms with E-state index in [0.29, 0.717) is 47.3 Å². The highest BCUT2D eigenvalue weighted by atomic mass is 32.1. The Bertz CT molecular complexity index is 1520. The Balaban J connectivity index is 1.65. The molecule has 2 amide bonds. The standard InChI is InChI=1S/C28H29F5N6O2S/c1-16(2)10-18(12-34)26(41)38-9-3-4-19(38)14-39-21-6-5-17(13-35-15-28(31,32)33)11-20(21)36-27(39)37-25(40)23-8-7-22(42-23)24(29)30/h5-8,10-11,16,19,24,35H,3-4,9,13-15H2,1-2H3,(H,36,37,40)/t19-/m1/s1. The van der Waals surface area contributed by atoms with Gasteiger partial charge < -0.3 is 14.8 Å². The Hall–Kier alpha value is -3.83. The van der Waals surface area contributed by atoms with Crippen molar-refractivity contribution in [3.05, 3.63) is 57.3 Å². The van der Waals surface area contributed by atoms with Crippen molar-refractivity contribution >= 4 is 40.1 Å². The van der Waals surface area contributed by atoms with Crippen LogP contribution in [0.2, 0.25) is 0 Å². The molecule has 1 aliphatic rings. The fourth-order valence-electron chi connectivity index (χ4n) is 4.82. The Labute approximate surface area is 242 Å². The summed E-state index contributed by atoms with van der Waals surface area (Å²) in [6.45, 7) is 3.14. The zero-order valence-corrected chi connectivity index (χ0v) is 23.7. The number of nitrogens with zero attached hydrogens (tertiary/aromatic N) is 4. The summed E-state index contributed by atoms with van der Waals surface area (Å²) in [5.41, 5.74) is 1.53. The summed E-state index contributed by atoms with van der Waals surface area (Å²) in [4.78, 5) is 32.2. The van der Waals surface area contributed by atoms with E-state index < -0.39 is 25.1 Å². The Kier molecular flexibility index (Phi) is 9.63. The van der Waals surface area contributed by atoms with Crippen molar-refractivity contribution < 1.29 is 31.5 Å². The maximum absolute atomic E-state index is 13.2. The predicted molar refractivity (Wildman–Crippen MR) is 148 cm³/mol. The number of fused-ring (bicyclic) bond motifs is 1. The lowest BCUT2D eigenvalue weighted by Crippen LogP contribution is -2.39. The molecule has 1 atom stereocenters. The molecule has 1 aliphatic heterocycles. The Morgan fingerprint density at radius 1 is 1.24 bits per heavy atom. The number of alkyl halides is 5. The fourth-order valence-corrected chi connectivity index (χ4v) is 5.58. The van der Waals surface area contributed by atoms with E-state index in [9.17, 15) is 36.8 Å². The van der Waals surface area contributed by atoms with Gasteiger partial charge in [-0.25, -0.2) is 13.8 Å². The Morgan fingerprint density at radius 3 is 2.64 bits per heavy atom. The molecule has 2 aromatic heterocycles. The number of carbonyl (C=O) groups excluding carboxylic acids is 2. The number of nitriles is 1. The minimum atomic E-state index is -4.37. The highest BCUT2D eigenvalue weighted by Crippen LogP contribution is 2.30. The highest BCUT2D eigenvalue weighted by molar-refractivity contribution is 7.14. The number of aromatic nitrogens is 2. The minimum absolute atomic E-state index is 0.00767. The van der Waals surface area contributed by atoms with Crippen LogP contribution in [0.3, 0.4) is 0 Å². The summed E-state index contributed by atoms with van der Waals surface area (Å²) in [6, 6.07) is 9.02. The van der Waals surface area contributed by atoms with E-state index in [1.807, 2.05) is 19.9 Å². The third-order valence-electron chi connectivity index (χ3n) is 6.64. The number of carbonyl (C=O) groups is 2. The van der Waals surface area contributed by atoms with Crippen molar-refractivity contribution in [2.75, 3.05) is 18.4 Å². The molecule has 0 spiro atoms. The molecule has 42 heavy (non-hydrogen) atoms. The monoisotopic (exact) mass is 608 g/mol. The average Bonchev–Trinajstić information content (AvgIpc) is 3.66. The van der Waals surface area contributed by atoms with Gasteiger partial charge in [-0.2, -0.15) is 18.4 Å². The van der Waals surface area contributed by atoms with Gasteiger partial charge in [-0.1, -0.05) is 26.0 Å². The van der Waals surface area contributed by atoms with Crippen LogP contribution in [0.15, 0.2) is 42.0 Å². The van der Waals surface area contributed by atoms with Crippen molar-refractivity contribution in [3.8, 4) is 6.07 Å². The molecule has 4 rings (SSSR count). The first-order valence-electron chi connectivity index (χ1n) is 13.2. The third kappa shape index (κ3) is 7.51. The van der Waals surface area contributed by atoms with Crippen LogP contribution in [-0.4, -0.2) is 51.6 Å². The molecule has 1 aromatic carbocycles. The van der Waals surface area contributed by atoms with Crippen molar-refractivity contribution in [1.29, 1.82) is 5.26 Å². The molecule has 3 heterocycles. The summed E-state index contributed by atoms with van der Waals surface area (Å²) in [6.07, 6.45) is -4.15. The van der Waals surface area contributed by atoms with Crippen LogP contribution in [0.25, 0.3) is 11.0 Å². The van der Waals surface area contributed by atoms with E-state index in [1.54, 1.807) is 33.7 Å². The maximum atomic E-state index is 13.2. The predicted octanol–water partition coefficient (Wildman–Crippen LogP) is 6.04. The van der Waals surface area contributed by atoms with E-state index in [2.05, 4.69) is 15.6 Å². The van der Waals surface area contributed by atoms with Gasteiger partial charge in [0, 0.05) is 19.6 Å². The second kappa shape index (κ2) is 13.0. The number of rotatable bonds is 10. The first-order chi connectivity index (χ1) is 19.9. The van der Waals surface area contributed by atoms with E-state index in [0.717, 1.165) is 0 Å². The number of hydrogen-bond acceptors (Lipinski definition) is 6. The van der Waals surface area contributed by atoms with Gasteiger partial charge in [0.1, 0.15) is 11.6 Å². The first-order valence-corrected chi connectivity index (χ1v) is 14.1. The number of imidazole rings is 1. The van der Waals surface area contributed by atoms with Crippen molar-refractivity contribution in [2.24, 2.45) is 5.92 Å². The molecule has 3 aromatic rings. The second-order valence-corrected chi connectivity index (χ2v) is 11.4. The van der Waals surface area contributed by atoms with Crippen LogP contribution < -0.4 is 10.6 Å². The quantitative estimate of drug-likeness (QED) is 0.166. The number of anilines is 1. The van der Waals surface area contributed by atoms with Crippen LogP contribution >= 0.6 is 11.3 Å². The zero-order valence-electron chi connectivity index (χ0n) is 22.8. The number of thiophene rings is 1. The highest BCUT2D eigenvalue weighted by Gasteiger charge is 2.32. The van der Waals surface area contributed by atoms with Crippen molar-refractivity contribution in [3.63, 3.8) is 0 Å². The lowest BCUT2D eigenvalue weighted by atomic mass is 10.1. The molecular weight excluding hydrogens is 579 g/mol. The van der Waals surface area contributed by atoms with Gasteiger partial charge in [0.05, 0.1) is 33.4 Å².